The summed E-state index contributed by atoms with van der Waals surface area (Å²) in [5.74, 6) is 1.12. The van der Waals surface area contributed by atoms with Crippen molar-refractivity contribution in [2.45, 2.75) is 13.8 Å². The molecular formula is C26H37N3O3. The fourth-order valence-electron chi connectivity index (χ4n) is 3.64. The van der Waals surface area contributed by atoms with Gasteiger partial charge in [-0.1, -0.05) is 35.4 Å². The lowest BCUT2D eigenvalue weighted by molar-refractivity contribution is 0.0322. The van der Waals surface area contributed by atoms with Crippen LogP contribution in [-0.4, -0.2) is 93.3 Å². The Balaban J connectivity index is 0.000000181. The highest BCUT2D eigenvalue weighted by atomic mass is 16.5. The Morgan fingerprint density at radius 2 is 1.41 bits per heavy atom. The molecule has 0 spiro atoms. The third-order valence-electron chi connectivity index (χ3n) is 5.89. The van der Waals surface area contributed by atoms with Crippen LogP contribution in [0.3, 0.4) is 0 Å². The summed E-state index contributed by atoms with van der Waals surface area (Å²) in [5.41, 5.74) is 3.26. The number of morpholine rings is 1. The molecule has 0 N–H and O–H groups in total. The molecule has 2 heterocycles. The number of rotatable bonds is 5. The summed E-state index contributed by atoms with van der Waals surface area (Å²) in [7, 11) is 2.09. The highest BCUT2D eigenvalue weighted by Gasteiger charge is 2.19. The molecule has 2 aromatic carbocycles. The molecule has 2 fully saturated rings. The first kappa shape index (κ1) is 24.2. The zero-order valence-electron chi connectivity index (χ0n) is 19.8. The maximum atomic E-state index is 12.1. The molecule has 0 aromatic heterocycles. The SMILES string of the molecule is Cc1ccc(C(=O)N2CCN(C)CC2)cc1.Cc1ccc(OCCN2CCOCC2)cc1. The van der Waals surface area contributed by atoms with Gasteiger partial charge in [-0.25, -0.2) is 0 Å². The maximum absolute atomic E-state index is 12.1. The van der Waals surface area contributed by atoms with E-state index in [0.29, 0.717) is 0 Å². The Bertz CT molecular complexity index is 809. The van der Waals surface area contributed by atoms with Crippen molar-refractivity contribution < 1.29 is 14.3 Å². The van der Waals surface area contributed by atoms with Crippen LogP contribution in [0.4, 0.5) is 0 Å². The highest BCUT2D eigenvalue weighted by molar-refractivity contribution is 5.94. The number of benzene rings is 2. The van der Waals surface area contributed by atoms with Crippen LogP contribution >= 0.6 is 0 Å². The van der Waals surface area contributed by atoms with E-state index in [-0.39, 0.29) is 5.91 Å². The lowest BCUT2D eigenvalue weighted by Gasteiger charge is -2.32. The first-order valence-corrected chi connectivity index (χ1v) is 11.6. The van der Waals surface area contributed by atoms with E-state index in [4.69, 9.17) is 9.47 Å². The Kier molecular flexibility index (Phi) is 9.53. The molecule has 6 heteroatoms. The molecule has 2 aliphatic rings. The molecule has 32 heavy (non-hydrogen) atoms. The van der Waals surface area contributed by atoms with Crippen LogP contribution in [0.15, 0.2) is 48.5 Å². The first-order valence-electron chi connectivity index (χ1n) is 11.6. The van der Waals surface area contributed by atoms with Crippen molar-refractivity contribution in [1.29, 1.82) is 0 Å². The average molecular weight is 440 g/mol. The van der Waals surface area contributed by atoms with Crippen LogP contribution in [-0.2, 0) is 4.74 Å². The molecule has 1 amide bonds. The van der Waals surface area contributed by atoms with Gasteiger partial charge in [-0.15, -0.1) is 0 Å². The van der Waals surface area contributed by atoms with Crippen LogP contribution in [0.2, 0.25) is 0 Å². The number of amides is 1. The van der Waals surface area contributed by atoms with Crippen molar-refractivity contribution >= 4 is 5.91 Å². The fraction of sp³-hybridized carbons (Fsp3) is 0.500. The van der Waals surface area contributed by atoms with Crippen LogP contribution in [0.25, 0.3) is 0 Å². The smallest absolute Gasteiger partial charge is 0.253 e. The molecule has 2 saturated heterocycles. The number of aryl methyl sites for hydroxylation is 2. The summed E-state index contributed by atoms with van der Waals surface area (Å²) in [6.45, 7) is 13.2. The first-order chi connectivity index (χ1) is 15.5. The van der Waals surface area contributed by atoms with Gasteiger partial charge in [0.05, 0.1) is 13.2 Å². The van der Waals surface area contributed by atoms with Crippen molar-refractivity contribution in [1.82, 2.24) is 14.7 Å². The molecule has 0 atom stereocenters. The van der Waals surface area contributed by atoms with Crippen molar-refractivity contribution in [3.8, 4) is 5.75 Å². The number of nitrogens with zero attached hydrogens (tertiary/aromatic N) is 3. The summed E-state index contributed by atoms with van der Waals surface area (Å²) in [6, 6.07) is 16.0. The van der Waals surface area contributed by atoms with E-state index in [1.165, 1.54) is 11.1 Å². The minimum Gasteiger partial charge on any atom is -0.492 e. The largest absolute Gasteiger partial charge is 0.492 e. The molecule has 0 bridgehead atoms. The Hall–Kier alpha value is -2.41. The number of hydrogen-bond acceptors (Lipinski definition) is 5. The molecule has 0 aliphatic carbocycles. The van der Waals surface area contributed by atoms with Gasteiger partial charge in [0, 0.05) is 51.4 Å². The zero-order valence-corrected chi connectivity index (χ0v) is 19.8. The van der Waals surface area contributed by atoms with E-state index in [2.05, 4.69) is 35.9 Å². The molecule has 6 nitrogen and oxygen atoms in total. The molecule has 174 valence electrons. The summed E-state index contributed by atoms with van der Waals surface area (Å²) >= 11 is 0. The average Bonchev–Trinajstić information content (AvgIpc) is 2.82. The molecule has 0 unspecified atom stereocenters. The highest BCUT2D eigenvalue weighted by Crippen LogP contribution is 2.11. The van der Waals surface area contributed by atoms with E-state index in [1.807, 2.05) is 48.2 Å². The van der Waals surface area contributed by atoms with E-state index in [0.717, 1.165) is 76.9 Å². The minimum absolute atomic E-state index is 0.160. The van der Waals surface area contributed by atoms with Crippen LogP contribution in [0, 0.1) is 13.8 Å². The lowest BCUT2D eigenvalue weighted by atomic mass is 10.1. The number of hydrogen-bond donors (Lipinski definition) is 0. The summed E-state index contributed by atoms with van der Waals surface area (Å²) < 4.78 is 11.0. The van der Waals surface area contributed by atoms with Crippen molar-refractivity contribution in [2.75, 3.05) is 72.7 Å². The van der Waals surface area contributed by atoms with Crippen molar-refractivity contribution in [3.63, 3.8) is 0 Å². The van der Waals surface area contributed by atoms with E-state index >= 15 is 0 Å². The number of likely N-dealkylation sites (N-methyl/N-ethyl adjacent to an activating group) is 1. The number of piperazine rings is 1. The normalized spacial score (nSPS) is 17.4. The fourth-order valence-corrected chi connectivity index (χ4v) is 3.64. The van der Waals surface area contributed by atoms with E-state index < -0.39 is 0 Å². The second-order valence-corrected chi connectivity index (χ2v) is 8.58. The maximum Gasteiger partial charge on any atom is 0.253 e. The number of ether oxygens (including phenoxy) is 2. The lowest BCUT2D eigenvalue weighted by Crippen LogP contribution is -2.47. The molecule has 4 rings (SSSR count). The Labute approximate surface area is 192 Å². The third-order valence-corrected chi connectivity index (χ3v) is 5.89. The molecule has 2 aromatic rings. The van der Waals surface area contributed by atoms with Crippen LogP contribution in [0.1, 0.15) is 21.5 Å². The summed E-state index contributed by atoms with van der Waals surface area (Å²) in [6.07, 6.45) is 0. The van der Waals surface area contributed by atoms with Crippen molar-refractivity contribution in [3.05, 3.63) is 65.2 Å². The third kappa shape index (κ3) is 7.93. The second-order valence-electron chi connectivity index (χ2n) is 8.58. The Morgan fingerprint density at radius 3 is 2.00 bits per heavy atom. The van der Waals surface area contributed by atoms with Gasteiger partial charge in [-0.2, -0.15) is 0 Å². The molecule has 2 aliphatic heterocycles. The zero-order chi connectivity index (χ0) is 22.8. The Morgan fingerprint density at radius 1 is 0.844 bits per heavy atom. The van der Waals surface area contributed by atoms with Gasteiger partial charge in [0.1, 0.15) is 12.4 Å². The van der Waals surface area contributed by atoms with Crippen molar-refractivity contribution in [2.24, 2.45) is 0 Å². The van der Waals surface area contributed by atoms with Gasteiger partial charge in [-0.05, 0) is 45.2 Å². The standard InChI is InChI=1S/C13H18N2O.C13H19NO2/c1-11-3-5-12(6-4-11)13(16)15-9-7-14(2)8-10-15;1-12-2-4-13(5-3-12)16-11-8-14-6-9-15-10-7-14/h3-6H,7-10H2,1-2H3;2-5H,6-11H2,1H3. The predicted molar refractivity (Wildman–Crippen MR) is 129 cm³/mol. The van der Waals surface area contributed by atoms with Gasteiger partial charge in [0.2, 0.25) is 0 Å². The van der Waals surface area contributed by atoms with Gasteiger partial charge in [-0.3, -0.25) is 9.69 Å². The number of carbonyl (C=O) groups excluding carboxylic acids is 1. The molecule has 0 radical (unpaired) electrons. The van der Waals surface area contributed by atoms with E-state index in [9.17, 15) is 4.79 Å². The predicted octanol–water partition coefficient (Wildman–Crippen LogP) is 3.09. The monoisotopic (exact) mass is 439 g/mol. The van der Waals surface area contributed by atoms with Crippen LogP contribution in [0.5, 0.6) is 5.75 Å². The summed E-state index contributed by atoms with van der Waals surface area (Å²) in [5, 5.41) is 0. The van der Waals surface area contributed by atoms with Gasteiger partial charge in [0.25, 0.3) is 5.91 Å². The molecular weight excluding hydrogens is 402 g/mol. The quantitative estimate of drug-likeness (QED) is 0.717. The minimum atomic E-state index is 0.160. The summed E-state index contributed by atoms with van der Waals surface area (Å²) in [4.78, 5) is 18.7. The topological polar surface area (TPSA) is 45.2 Å². The van der Waals surface area contributed by atoms with Gasteiger partial charge < -0.3 is 19.3 Å². The molecule has 0 saturated carbocycles. The van der Waals surface area contributed by atoms with E-state index in [1.54, 1.807) is 0 Å². The number of carbonyl (C=O) groups is 1. The van der Waals surface area contributed by atoms with Crippen LogP contribution < -0.4 is 4.74 Å². The second kappa shape index (κ2) is 12.6. The van der Waals surface area contributed by atoms with Gasteiger partial charge in [0.15, 0.2) is 0 Å². The van der Waals surface area contributed by atoms with Gasteiger partial charge >= 0.3 is 0 Å².